The number of fused-ring (bicyclic) bond motifs is 1. The van der Waals surface area contributed by atoms with Crippen molar-refractivity contribution in [2.75, 3.05) is 37.4 Å². The van der Waals surface area contributed by atoms with E-state index in [0.29, 0.717) is 18.5 Å². The highest BCUT2D eigenvalue weighted by molar-refractivity contribution is 5.91. The quantitative estimate of drug-likeness (QED) is 0.296. The summed E-state index contributed by atoms with van der Waals surface area (Å²) in [7, 11) is 1.62. The van der Waals surface area contributed by atoms with E-state index in [9.17, 15) is 4.79 Å². The summed E-state index contributed by atoms with van der Waals surface area (Å²) >= 11 is 0. The van der Waals surface area contributed by atoms with Gasteiger partial charge in [0.15, 0.2) is 5.58 Å². The van der Waals surface area contributed by atoms with Gasteiger partial charge in [-0.25, -0.2) is 4.98 Å². The highest BCUT2D eigenvalue weighted by Crippen LogP contribution is 2.38. The van der Waals surface area contributed by atoms with E-state index in [1.807, 2.05) is 42.5 Å². The number of imidazole rings is 1. The first-order chi connectivity index (χ1) is 19.6. The van der Waals surface area contributed by atoms with Crippen LogP contribution in [0.3, 0.4) is 0 Å². The van der Waals surface area contributed by atoms with Crippen molar-refractivity contribution in [1.29, 1.82) is 0 Å². The fourth-order valence-corrected chi connectivity index (χ4v) is 5.31. The molecule has 2 aliphatic rings. The Balaban J connectivity index is 0.000000204. The monoisotopic (exact) mass is 540 g/mol. The maximum Gasteiger partial charge on any atom is 0.292 e. The second-order valence-electron chi connectivity index (χ2n) is 9.88. The topological polar surface area (TPSA) is 121 Å². The van der Waals surface area contributed by atoms with E-state index < -0.39 is 0 Å². The number of oxazole rings is 1. The van der Waals surface area contributed by atoms with E-state index >= 15 is 0 Å². The number of aryl methyl sites for hydroxylation is 1. The van der Waals surface area contributed by atoms with Gasteiger partial charge >= 0.3 is 0 Å². The number of benzene rings is 3. The molecule has 5 aromatic rings. The first-order valence-electron chi connectivity index (χ1n) is 13.5. The molecule has 2 aliphatic heterocycles. The molecular weight excluding hydrogens is 508 g/mol. The molecule has 4 heterocycles. The van der Waals surface area contributed by atoms with Crippen LogP contribution in [0.25, 0.3) is 33.5 Å². The Labute approximate surface area is 231 Å². The van der Waals surface area contributed by atoms with Crippen molar-refractivity contribution in [2.24, 2.45) is 0 Å². The van der Waals surface area contributed by atoms with Crippen LogP contribution in [0.1, 0.15) is 24.8 Å². The number of amides is 1. The zero-order valence-corrected chi connectivity index (χ0v) is 22.4. The minimum Gasteiger partial charge on any atom is -0.497 e. The number of rotatable bonds is 6. The first kappa shape index (κ1) is 25.5. The summed E-state index contributed by atoms with van der Waals surface area (Å²) in [6.45, 7) is 4.36. The second kappa shape index (κ2) is 11.2. The van der Waals surface area contributed by atoms with Crippen LogP contribution < -0.4 is 25.4 Å². The predicted octanol–water partition coefficient (Wildman–Crippen LogP) is 4.75. The molecule has 7 rings (SSSR count). The Kier molecular flexibility index (Phi) is 7.13. The predicted molar refractivity (Wildman–Crippen MR) is 155 cm³/mol. The van der Waals surface area contributed by atoms with Gasteiger partial charge in [-0.2, -0.15) is 4.98 Å². The van der Waals surface area contributed by atoms with E-state index in [1.165, 1.54) is 18.5 Å². The van der Waals surface area contributed by atoms with E-state index in [1.54, 1.807) is 7.11 Å². The summed E-state index contributed by atoms with van der Waals surface area (Å²) in [5.41, 5.74) is 12.5. The van der Waals surface area contributed by atoms with Gasteiger partial charge < -0.3 is 34.4 Å². The van der Waals surface area contributed by atoms with Gasteiger partial charge in [0, 0.05) is 43.5 Å². The molecule has 1 fully saturated rings. The van der Waals surface area contributed by atoms with Gasteiger partial charge in [0.25, 0.3) is 6.01 Å². The van der Waals surface area contributed by atoms with Crippen molar-refractivity contribution >= 4 is 40.2 Å². The van der Waals surface area contributed by atoms with Crippen molar-refractivity contribution in [3.05, 3.63) is 60.2 Å². The van der Waals surface area contributed by atoms with Crippen LogP contribution in [0.15, 0.2) is 59.0 Å². The smallest absolute Gasteiger partial charge is 0.292 e. The highest BCUT2D eigenvalue weighted by Gasteiger charge is 2.23. The van der Waals surface area contributed by atoms with E-state index in [2.05, 4.69) is 31.9 Å². The summed E-state index contributed by atoms with van der Waals surface area (Å²) in [5, 5.41) is 2.58. The number of hydrogen-bond donors (Lipinski definition) is 2. The number of nitrogens with one attached hydrogen (secondary N) is 1. The van der Waals surface area contributed by atoms with Gasteiger partial charge in [-0.05, 0) is 61.2 Å². The Morgan fingerprint density at radius 3 is 2.60 bits per heavy atom. The number of hydrogen-bond acceptors (Lipinski definition) is 8. The lowest BCUT2D eigenvalue weighted by molar-refractivity contribution is -0.109. The Morgan fingerprint density at radius 1 is 1.00 bits per heavy atom. The summed E-state index contributed by atoms with van der Waals surface area (Å²) in [5.74, 6) is 2.69. The molecule has 206 valence electrons. The first-order valence-corrected chi connectivity index (χ1v) is 13.5. The highest BCUT2D eigenvalue weighted by atomic mass is 16.5. The second-order valence-corrected chi connectivity index (χ2v) is 9.88. The van der Waals surface area contributed by atoms with Crippen LogP contribution in [-0.4, -0.2) is 47.8 Å². The fraction of sp³-hybridized carbons (Fsp3) is 0.300. The summed E-state index contributed by atoms with van der Waals surface area (Å²) in [6, 6.07) is 18.0. The molecule has 0 bridgehead atoms. The molecular formula is C30H32N6O4. The van der Waals surface area contributed by atoms with E-state index in [4.69, 9.17) is 24.6 Å². The van der Waals surface area contributed by atoms with E-state index in [0.717, 1.165) is 77.7 Å². The number of carbonyl (C=O) groups is 1. The lowest BCUT2D eigenvalue weighted by Crippen LogP contribution is -2.17. The van der Waals surface area contributed by atoms with Crippen LogP contribution in [0.4, 0.5) is 11.7 Å². The molecule has 3 N–H and O–H groups in total. The SMILES string of the molecule is COc1ccc(CNC=O)cc1.Nc1nc2cc(-c3nc4cc(N5CCCC5)cc5c4n3CCCO5)ccc2o1. The molecule has 10 heteroatoms. The molecule has 10 nitrogen and oxygen atoms in total. The molecule has 2 aromatic heterocycles. The standard InChI is InChI=1S/C21H21N5O2.C9H11NO2/c22-21-24-15-10-13(4-5-17(15)28-21)20-23-16-11-14(25-6-1-2-7-25)12-18-19(16)26(20)8-3-9-27-18;1-12-9-4-2-8(3-5-9)6-10-7-11/h4-5,10-12H,1-3,6-9H2,(H2,22,24);2-5,7H,6H2,1H3,(H,10,11). The molecule has 1 amide bonds. The lowest BCUT2D eigenvalue weighted by atomic mass is 10.2. The van der Waals surface area contributed by atoms with Crippen LogP contribution in [0.5, 0.6) is 11.5 Å². The van der Waals surface area contributed by atoms with Gasteiger partial charge in [-0.3, -0.25) is 4.79 Å². The average molecular weight is 541 g/mol. The average Bonchev–Trinajstić information content (AvgIpc) is 3.69. The Morgan fingerprint density at radius 2 is 1.82 bits per heavy atom. The molecule has 0 aliphatic carbocycles. The number of anilines is 2. The van der Waals surface area contributed by atoms with Gasteiger partial charge in [-0.1, -0.05) is 12.1 Å². The van der Waals surface area contributed by atoms with Gasteiger partial charge in [0.05, 0.1) is 19.2 Å². The van der Waals surface area contributed by atoms with Crippen molar-refractivity contribution in [1.82, 2.24) is 19.9 Å². The fourth-order valence-electron chi connectivity index (χ4n) is 5.31. The number of ether oxygens (including phenoxy) is 2. The summed E-state index contributed by atoms with van der Waals surface area (Å²) in [4.78, 5) is 21.7. The maximum absolute atomic E-state index is 9.97. The molecule has 0 saturated carbocycles. The van der Waals surface area contributed by atoms with Gasteiger partial charge in [0.2, 0.25) is 6.41 Å². The van der Waals surface area contributed by atoms with Crippen LogP contribution in [0, 0.1) is 0 Å². The normalized spacial score (nSPS) is 14.4. The number of nitrogen functional groups attached to an aromatic ring is 1. The van der Waals surface area contributed by atoms with Crippen LogP contribution >= 0.6 is 0 Å². The van der Waals surface area contributed by atoms with Crippen molar-refractivity contribution < 1.29 is 18.7 Å². The third-order valence-electron chi connectivity index (χ3n) is 7.26. The largest absolute Gasteiger partial charge is 0.497 e. The Hall–Kier alpha value is -4.73. The summed E-state index contributed by atoms with van der Waals surface area (Å²) in [6.07, 6.45) is 4.12. The Bertz CT molecular complexity index is 1640. The molecule has 0 radical (unpaired) electrons. The summed E-state index contributed by atoms with van der Waals surface area (Å²) < 4.78 is 18.8. The molecule has 0 unspecified atom stereocenters. The number of methoxy groups -OCH3 is 1. The lowest BCUT2D eigenvalue weighted by Gasteiger charge is -2.18. The van der Waals surface area contributed by atoms with Crippen molar-refractivity contribution in [2.45, 2.75) is 32.4 Å². The number of nitrogens with two attached hydrogens (primary N) is 1. The molecule has 3 aromatic carbocycles. The molecule has 40 heavy (non-hydrogen) atoms. The third kappa shape index (κ3) is 5.12. The van der Waals surface area contributed by atoms with Crippen LogP contribution in [0.2, 0.25) is 0 Å². The van der Waals surface area contributed by atoms with E-state index in [-0.39, 0.29) is 6.01 Å². The maximum atomic E-state index is 9.97. The van der Waals surface area contributed by atoms with Gasteiger partial charge in [-0.15, -0.1) is 0 Å². The number of nitrogens with zero attached hydrogens (tertiary/aromatic N) is 4. The minimum absolute atomic E-state index is 0.185. The number of carbonyl (C=O) groups excluding carboxylic acids is 1. The zero-order valence-electron chi connectivity index (χ0n) is 22.4. The zero-order chi connectivity index (χ0) is 27.5. The molecule has 0 atom stereocenters. The minimum atomic E-state index is 0.185. The third-order valence-corrected chi connectivity index (χ3v) is 7.26. The number of aromatic nitrogens is 3. The van der Waals surface area contributed by atoms with Crippen molar-refractivity contribution in [3.63, 3.8) is 0 Å². The van der Waals surface area contributed by atoms with Crippen molar-refractivity contribution in [3.8, 4) is 22.9 Å². The molecule has 1 saturated heterocycles. The molecule has 0 spiro atoms. The van der Waals surface area contributed by atoms with Gasteiger partial charge in [0.1, 0.15) is 28.4 Å². The van der Waals surface area contributed by atoms with Crippen LogP contribution in [-0.2, 0) is 17.9 Å².